The van der Waals surface area contributed by atoms with Gasteiger partial charge >= 0.3 is 0 Å². The third-order valence-electron chi connectivity index (χ3n) is 5.67. The van der Waals surface area contributed by atoms with Crippen LogP contribution in [0.5, 0.6) is 5.75 Å². The molecule has 3 rings (SSSR count). The van der Waals surface area contributed by atoms with E-state index in [1.54, 1.807) is 25.3 Å². The summed E-state index contributed by atoms with van der Waals surface area (Å²) >= 11 is 6.12. The molecule has 1 aromatic carbocycles. The highest BCUT2D eigenvalue weighted by atomic mass is 35.5. The summed E-state index contributed by atoms with van der Waals surface area (Å²) in [4.78, 5) is 15.1. The maximum absolute atomic E-state index is 13.2. The van der Waals surface area contributed by atoms with E-state index in [1.807, 2.05) is 4.90 Å². The number of carbonyl (C=O) groups excluding carboxylic acids is 1. The Balaban J connectivity index is 1.84. The molecule has 2 atom stereocenters. The van der Waals surface area contributed by atoms with Gasteiger partial charge in [0.2, 0.25) is 0 Å². The van der Waals surface area contributed by atoms with Crippen molar-refractivity contribution in [1.82, 2.24) is 4.90 Å². The predicted molar refractivity (Wildman–Crippen MR) is 98.1 cm³/mol. The Hall–Kier alpha value is -1.30. The molecular weight excluding hydrogens is 340 g/mol. The van der Waals surface area contributed by atoms with Crippen LogP contribution >= 0.6 is 11.6 Å². The summed E-state index contributed by atoms with van der Waals surface area (Å²) in [6.07, 6.45) is 1.08. The molecule has 0 aromatic heterocycles. The molecule has 138 valence electrons. The van der Waals surface area contributed by atoms with E-state index < -0.39 is 0 Å². The van der Waals surface area contributed by atoms with Crippen LogP contribution in [0.25, 0.3) is 0 Å². The van der Waals surface area contributed by atoms with Crippen LogP contribution in [0.3, 0.4) is 0 Å². The molecule has 0 unspecified atom stereocenters. The molecule has 1 amide bonds. The third-order valence-corrected chi connectivity index (χ3v) is 5.90. The summed E-state index contributed by atoms with van der Waals surface area (Å²) in [5, 5.41) is 0.526. The fourth-order valence-corrected chi connectivity index (χ4v) is 5.07. The van der Waals surface area contributed by atoms with Crippen LogP contribution in [0.15, 0.2) is 18.2 Å². The Bertz CT molecular complexity index is 664. The number of hydrogen-bond donors (Lipinski definition) is 1. The summed E-state index contributed by atoms with van der Waals surface area (Å²) in [6.45, 7) is 7.47. The zero-order valence-electron chi connectivity index (χ0n) is 15.2. The van der Waals surface area contributed by atoms with Crippen molar-refractivity contribution in [1.29, 1.82) is 0 Å². The molecule has 2 aliphatic rings. The van der Waals surface area contributed by atoms with Crippen molar-refractivity contribution < 1.29 is 14.3 Å². The maximum atomic E-state index is 13.2. The molecule has 0 spiro atoms. The van der Waals surface area contributed by atoms with Gasteiger partial charge in [0.1, 0.15) is 12.4 Å². The van der Waals surface area contributed by atoms with E-state index >= 15 is 0 Å². The summed E-state index contributed by atoms with van der Waals surface area (Å²) in [5.74, 6) is 0.964. The van der Waals surface area contributed by atoms with Crippen molar-refractivity contribution in [2.75, 3.05) is 40.0 Å². The van der Waals surface area contributed by atoms with Gasteiger partial charge in [0, 0.05) is 37.2 Å². The van der Waals surface area contributed by atoms with Crippen molar-refractivity contribution in [3.63, 3.8) is 0 Å². The minimum Gasteiger partial charge on any atom is -0.491 e. The summed E-state index contributed by atoms with van der Waals surface area (Å²) in [5.41, 5.74) is 6.34. The predicted octanol–water partition coefficient (Wildman–Crippen LogP) is 2.81. The van der Waals surface area contributed by atoms with E-state index in [1.165, 1.54) is 0 Å². The van der Waals surface area contributed by atoms with Gasteiger partial charge in [0.15, 0.2) is 0 Å². The Kier molecular flexibility index (Phi) is 5.02. The molecule has 1 aromatic rings. The van der Waals surface area contributed by atoms with Crippen molar-refractivity contribution in [3.05, 3.63) is 28.8 Å². The minimum absolute atomic E-state index is 0.0322. The lowest BCUT2D eigenvalue weighted by Gasteiger charge is -2.56. The number of carbonyl (C=O) groups is 1. The molecule has 1 saturated carbocycles. The number of ether oxygens (including phenoxy) is 2. The summed E-state index contributed by atoms with van der Waals surface area (Å²) in [7, 11) is 1.73. The van der Waals surface area contributed by atoms with E-state index in [-0.39, 0.29) is 16.7 Å². The average Bonchev–Trinajstić information content (AvgIpc) is 2.88. The molecule has 0 bridgehead atoms. The average molecular weight is 367 g/mol. The second-order valence-corrected chi connectivity index (χ2v) is 8.41. The Morgan fingerprint density at radius 2 is 2.20 bits per heavy atom. The Morgan fingerprint density at radius 1 is 1.44 bits per heavy atom. The SMILES string of the molecule is COC[C@@]12CN(C(=O)c3cc(Cl)ccc3OCCN)C[C@@H]1C(C)(C)C2. The maximum Gasteiger partial charge on any atom is 0.257 e. The fourth-order valence-electron chi connectivity index (χ4n) is 4.90. The highest BCUT2D eigenvalue weighted by Gasteiger charge is 2.63. The number of fused-ring (bicyclic) bond motifs is 1. The van der Waals surface area contributed by atoms with E-state index in [0.717, 1.165) is 19.5 Å². The first-order valence-corrected chi connectivity index (χ1v) is 9.11. The fraction of sp³-hybridized carbons (Fsp3) is 0.632. The summed E-state index contributed by atoms with van der Waals surface area (Å²) in [6, 6.07) is 5.16. The molecule has 2 fully saturated rings. The number of amides is 1. The lowest BCUT2D eigenvalue weighted by Crippen LogP contribution is -2.55. The van der Waals surface area contributed by atoms with Crippen LogP contribution in [-0.2, 0) is 4.74 Å². The molecule has 2 N–H and O–H groups in total. The van der Waals surface area contributed by atoms with Crippen molar-refractivity contribution in [2.45, 2.75) is 20.3 Å². The number of nitrogens with two attached hydrogens (primary N) is 1. The molecule has 6 heteroatoms. The van der Waals surface area contributed by atoms with Gasteiger partial charge in [0.25, 0.3) is 5.91 Å². The molecular formula is C19H27ClN2O3. The number of methoxy groups -OCH3 is 1. The van der Waals surface area contributed by atoms with E-state index in [9.17, 15) is 4.79 Å². The Labute approximate surface area is 154 Å². The second-order valence-electron chi connectivity index (χ2n) is 7.98. The number of likely N-dealkylation sites (tertiary alicyclic amines) is 1. The molecule has 25 heavy (non-hydrogen) atoms. The topological polar surface area (TPSA) is 64.8 Å². The molecule has 5 nitrogen and oxygen atoms in total. The van der Waals surface area contributed by atoms with Gasteiger partial charge in [0.05, 0.1) is 12.2 Å². The second kappa shape index (κ2) is 6.78. The van der Waals surface area contributed by atoms with Crippen LogP contribution in [0, 0.1) is 16.7 Å². The normalized spacial score (nSPS) is 26.9. The van der Waals surface area contributed by atoms with Gasteiger partial charge in [-0.25, -0.2) is 0 Å². The van der Waals surface area contributed by atoms with Gasteiger partial charge in [-0.3, -0.25) is 4.79 Å². The first kappa shape index (κ1) is 18.5. The first-order valence-electron chi connectivity index (χ1n) is 8.73. The largest absolute Gasteiger partial charge is 0.491 e. The number of rotatable bonds is 6. The number of hydrogen-bond acceptors (Lipinski definition) is 4. The van der Waals surface area contributed by atoms with Gasteiger partial charge < -0.3 is 20.1 Å². The van der Waals surface area contributed by atoms with Crippen LogP contribution in [0.2, 0.25) is 5.02 Å². The van der Waals surface area contributed by atoms with Crippen LogP contribution < -0.4 is 10.5 Å². The molecule has 1 aliphatic heterocycles. The first-order chi connectivity index (χ1) is 11.8. The van der Waals surface area contributed by atoms with E-state index in [2.05, 4.69) is 13.8 Å². The van der Waals surface area contributed by atoms with Crippen molar-refractivity contribution in [3.8, 4) is 5.75 Å². The van der Waals surface area contributed by atoms with Gasteiger partial charge in [-0.1, -0.05) is 25.4 Å². The lowest BCUT2D eigenvalue weighted by atomic mass is 9.48. The van der Waals surface area contributed by atoms with Crippen LogP contribution in [-0.4, -0.2) is 50.8 Å². The van der Waals surface area contributed by atoms with Gasteiger partial charge in [-0.05, 0) is 36.0 Å². The minimum atomic E-state index is -0.0322. The number of halogens is 1. The zero-order chi connectivity index (χ0) is 18.2. The molecule has 1 aliphatic carbocycles. The standard InChI is InChI=1S/C19H27ClN2O3/c1-18(2)10-19(12-24-3)11-22(9-16(18)19)17(23)14-8-13(20)4-5-15(14)25-7-6-21/h4-5,8,16H,6-7,9-12,21H2,1-3H3/t16-,19-/m1/s1. The van der Waals surface area contributed by atoms with Crippen molar-refractivity contribution in [2.24, 2.45) is 22.5 Å². The highest BCUT2D eigenvalue weighted by Crippen LogP contribution is 2.62. The molecule has 1 heterocycles. The lowest BCUT2D eigenvalue weighted by molar-refractivity contribution is -0.107. The molecule has 1 saturated heterocycles. The van der Waals surface area contributed by atoms with E-state index in [4.69, 9.17) is 26.8 Å². The van der Waals surface area contributed by atoms with Crippen LogP contribution in [0.1, 0.15) is 30.6 Å². The Morgan fingerprint density at radius 3 is 2.84 bits per heavy atom. The quantitative estimate of drug-likeness (QED) is 0.840. The highest BCUT2D eigenvalue weighted by molar-refractivity contribution is 6.31. The third kappa shape index (κ3) is 3.25. The molecule has 0 radical (unpaired) electrons. The smallest absolute Gasteiger partial charge is 0.257 e. The van der Waals surface area contributed by atoms with Gasteiger partial charge in [-0.2, -0.15) is 0 Å². The summed E-state index contributed by atoms with van der Waals surface area (Å²) < 4.78 is 11.1. The van der Waals surface area contributed by atoms with Gasteiger partial charge in [-0.15, -0.1) is 0 Å². The van der Waals surface area contributed by atoms with Crippen molar-refractivity contribution >= 4 is 17.5 Å². The number of benzene rings is 1. The zero-order valence-corrected chi connectivity index (χ0v) is 15.9. The van der Waals surface area contributed by atoms with Crippen LogP contribution in [0.4, 0.5) is 0 Å². The number of nitrogens with zero attached hydrogens (tertiary/aromatic N) is 1. The monoisotopic (exact) mass is 366 g/mol. The van der Waals surface area contributed by atoms with E-state index in [0.29, 0.717) is 42.0 Å².